The van der Waals surface area contributed by atoms with Gasteiger partial charge in [-0.2, -0.15) is 13.2 Å². The van der Waals surface area contributed by atoms with Gasteiger partial charge in [0.15, 0.2) is 0 Å². The van der Waals surface area contributed by atoms with Gasteiger partial charge in [-0.1, -0.05) is 0 Å². The average Bonchev–Trinajstić information content (AvgIpc) is 3.10. The highest BCUT2D eigenvalue weighted by Gasteiger charge is 2.59. The number of hydrogen-bond acceptors (Lipinski definition) is 3. The lowest BCUT2D eigenvalue weighted by Gasteiger charge is -2.29. The van der Waals surface area contributed by atoms with Crippen molar-refractivity contribution in [3.05, 3.63) is 0 Å². The van der Waals surface area contributed by atoms with Crippen LogP contribution in [0.3, 0.4) is 0 Å². The molecule has 6 nitrogen and oxygen atoms in total. The van der Waals surface area contributed by atoms with Crippen molar-refractivity contribution in [3.63, 3.8) is 0 Å². The summed E-state index contributed by atoms with van der Waals surface area (Å²) in [7, 11) is 0. The lowest BCUT2D eigenvalue weighted by Crippen LogP contribution is -2.63. The molecule has 1 aliphatic heterocycles. The molecule has 9 heteroatoms. The van der Waals surface area contributed by atoms with Crippen LogP contribution in [0.25, 0.3) is 0 Å². The fraction of sp³-hybridized carbons (Fsp3) is 0.750. The Morgan fingerprint density at radius 2 is 1.90 bits per heavy atom. The van der Waals surface area contributed by atoms with Crippen molar-refractivity contribution < 1.29 is 32.7 Å². The predicted octanol–water partition coefficient (Wildman–Crippen LogP) is 0.519. The molecule has 2 amide bonds. The molecule has 0 aromatic rings. The molecule has 2 atom stereocenters. The quantitative estimate of drug-likeness (QED) is 0.792. The van der Waals surface area contributed by atoms with Gasteiger partial charge in [-0.15, -0.1) is 0 Å². The second-order valence-electron chi connectivity index (χ2n) is 5.60. The Kier molecular flexibility index (Phi) is 3.63. The minimum absolute atomic E-state index is 0.0445. The summed E-state index contributed by atoms with van der Waals surface area (Å²) in [6.45, 7) is 0.436. The number of likely N-dealkylation sites (tertiary alicyclic amines) is 1. The molecular weight excluding hydrogens is 293 g/mol. The molecule has 0 spiro atoms. The van der Waals surface area contributed by atoms with Crippen LogP contribution in [0, 0.1) is 5.92 Å². The Hall–Kier alpha value is -1.80. The number of carboxylic acids is 1. The third-order valence-corrected chi connectivity index (χ3v) is 3.88. The highest BCUT2D eigenvalue weighted by atomic mass is 19.4. The molecule has 21 heavy (non-hydrogen) atoms. The molecule has 1 heterocycles. The van der Waals surface area contributed by atoms with Crippen molar-refractivity contribution in [1.82, 2.24) is 10.2 Å². The molecule has 2 fully saturated rings. The van der Waals surface area contributed by atoms with Crippen LogP contribution in [0.15, 0.2) is 0 Å². The van der Waals surface area contributed by atoms with E-state index in [9.17, 15) is 27.6 Å². The number of carbonyl (C=O) groups is 3. The van der Waals surface area contributed by atoms with Crippen LogP contribution >= 0.6 is 0 Å². The summed E-state index contributed by atoms with van der Waals surface area (Å²) in [5, 5.41) is 10.3. The summed E-state index contributed by atoms with van der Waals surface area (Å²) in [6, 6.07) is 0.0729. The summed E-state index contributed by atoms with van der Waals surface area (Å²) in [5.74, 6) is -4.47. The molecule has 1 saturated heterocycles. The predicted molar refractivity (Wildman–Crippen MR) is 63.1 cm³/mol. The zero-order valence-electron chi connectivity index (χ0n) is 11.2. The fourth-order valence-electron chi connectivity index (χ4n) is 2.24. The Morgan fingerprint density at radius 1 is 1.33 bits per heavy atom. The SMILES string of the molecule is CC(NC(=O)C1CC(=O)N(C2CC2)C1)(C(=O)O)C(F)(F)F. The van der Waals surface area contributed by atoms with E-state index in [2.05, 4.69) is 0 Å². The van der Waals surface area contributed by atoms with Crippen molar-refractivity contribution in [3.8, 4) is 0 Å². The minimum Gasteiger partial charge on any atom is -0.479 e. The van der Waals surface area contributed by atoms with E-state index in [1.54, 1.807) is 0 Å². The van der Waals surface area contributed by atoms with E-state index in [4.69, 9.17) is 5.11 Å². The molecule has 0 aromatic heterocycles. The van der Waals surface area contributed by atoms with Gasteiger partial charge < -0.3 is 15.3 Å². The van der Waals surface area contributed by atoms with Gasteiger partial charge in [-0.25, -0.2) is 4.79 Å². The summed E-state index contributed by atoms with van der Waals surface area (Å²) in [4.78, 5) is 35.9. The van der Waals surface area contributed by atoms with Crippen molar-refractivity contribution in [2.75, 3.05) is 6.54 Å². The molecule has 1 aliphatic carbocycles. The monoisotopic (exact) mass is 308 g/mol. The number of alkyl halides is 3. The maximum absolute atomic E-state index is 12.8. The highest BCUT2D eigenvalue weighted by molar-refractivity contribution is 5.93. The van der Waals surface area contributed by atoms with Gasteiger partial charge in [0, 0.05) is 19.0 Å². The molecule has 0 radical (unpaired) electrons. The first kappa shape index (κ1) is 15.6. The molecule has 2 N–H and O–H groups in total. The van der Waals surface area contributed by atoms with Crippen LogP contribution < -0.4 is 5.32 Å². The van der Waals surface area contributed by atoms with E-state index in [0.29, 0.717) is 6.92 Å². The fourth-order valence-corrected chi connectivity index (χ4v) is 2.24. The van der Waals surface area contributed by atoms with Gasteiger partial charge in [0.25, 0.3) is 0 Å². The minimum atomic E-state index is -5.13. The van der Waals surface area contributed by atoms with E-state index in [1.165, 1.54) is 10.2 Å². The third-order valence-electron chi connectivity index (χ3n) is 3.88. The number of carboxylic acid groups (broad SMARTS) is 1. The van der Waals surface area contributed by atoms with Crippen LogP contribution in [0.4, 0.5) is 13.2 Å². The zero-order chi connectivity index (χ0) is 16.0. The van der Waals surface area contributed by atoms with Crippen molar-refractivity contribution >= 4 is 17.8 Å². The van der Waals surface area contributed by atoms with Crippen molar-refractivity contribution in [2.45, 2.75) is 43.9 Å². The van der Waals surface area contributed by atoms with Gasteiger partial charge in [0.1, 0.15) is 0 Å². The molecule has 0 aromatic carbocycles. The Balaban J connectivity index is 2.07. The lowest BCUT2D eigenvalue weighted by molar-refractivity contribution is -0.207. The molecule has 118 valence electrons. The first-order valence-electron chi connectivity index (χ1n) is 6.48. The number of aliphatic carboxylic acids is 1. The number of hydrogen-bond donors (Lipinski definition) is 2. The Bertz CT molecular complexity index is 489. The average molecular weight is 308 g/mol. The van der Waals surface area contributed by atoms with E-state index in [-0.39, 0.29) is 24.9 Å². The van der Waals surface area contributed by atoms with E-state index in [1.807, 2.05) is 0 Å². The Morgan fingerprint density at radius 3 is 2.33 bits per heavy atom. The number of nitrogens with one attached hydrogen (secondary N) is 1. The number of amides is 2. The number of rotatable bonds is 4. The summed E-state index contributed by atoms with van der Waals surface area (Å²) in [5.41, 5.74) is -3.36. The molecular formula is C12H15F3N2O4. The van der Waals surface area contributed by atoms with Gasteiger partial charge in [0.2, 0.25) is 17.4 Å². The van der Waals surface area contributed by atoms with Gasteiger partial charge in [0.05, 0.1) is 5.92 Å². The van der Waals surface area contributed by atoms with Crippen LogP contribution in [0.2, 0.25) is 0 Å². The van der Waals surface area contributed by atoms with Crippen LogP contribution in [-0.4, -0.2) is 52.1 Å². The molecule has 1 saturated carbocycles. The standard InChI is InChI=1S/C12H15F3N2O4/c1-11(10(20)21,12(13,14)15)16-9(19)6-4-8(18)17(5-6)7-2-3-7/h6-7H,2-5H2,1H3,(H,16,19)(H,20,21). The maximum atomic E-state index is 12.8. The molecule has 2 unspecified atom stereocenters. The smallest absolute Gasteiger partial charge is 0.422 e. The second kappa shape index (κ2) is 4.88. The van der Waals surface area contributed by atoms with Crippen LogP contribution in [-0.2, 0) is 14.4 Å². The highest BCUT2D eigenvalue weighted by Crippen LogP contribution is 2.34. The second-order valence-corrected chi connectivity index (χ2v) is 5.60. The van der Waals surface area contributed by atoms with Crippen LogP contribution in [0.5, 0.6) is 0 Å². The van der Waals surface area contributed by atoms with E-state index < -0.39 is 29.5 Å². The summed E-state index contributed by atoms with van der Waals surface area (Å²) < 4.78 is 38.5. The summed E-state index contributed by atoms with van der Waals surface area (Å²) >= 11 is 0. The molecule has 0 bridgehead atoms. The topological polar surface area (TPSA) is 86.7 Å². The Labute approximate surface area is 118 Å². The molecule has 2 rings (SSSR count). The first-order chi connectivity index (χ1) is 9.56. The van der Waals surface area contributed by atoms with Crippen molar-refractivity contribution in [2.24, 2.45) is 5.92 Å². The number of halogens is 3. The van der Waals surface area contributed by atoms with E-state index >= 15 is 0 Å². The summed E-state index contributed by atoms with van der Waals surface area (Å²) in [6.07, 6.45) is -3.66. The maximum Gasteiger partial charge on any atom is 0.422 e. The van der Waals surface area contributed by atoms with Crippen molar-refractivity contribution in [1.29, 1.82) is 0 Å². The zero-order valence-corrected chi connectivity index (χ0v) is 11.2. The largest absolute Gasteiger partial charge is 0.479 e. The number of carbonyl (C=O) groups excluding carboxylic acids is 2. The van der Waals surface area contributed by atoms with E-state index in [0.717, 1.165) is 12.8 Å². The van der Waals surface area contributed by atoms with Gasteiger partial charge in [-0.05, 0) is 19.8 Å². The van der Waals surface area contributed by atoms with Gasteiger partial charge in [-0.3, -0.25) is 9.59 Å². The number of nitrogens with zero attached hydrogens (tertiary/aromatic N) is 1. The van der Waals surface area contributed by atoms with Gasteiger partial charge >= 0.3 is 12.1 Å². The molecule has 2 aliphatic rings. The van der Waals surface area contributed by atoms with Crippen LogP contribution in [0.1, 0.15) is 26.2 Å². The lowest BCUT2D eigenvalue weighted by atomic mass is 9.99. The first-order valence-corrected chi connectivity index (χ1v) is 6.48. The normalized spacial score (nSPS) is 25.6. The third kappa shape index (κ3) is 2.81.